The van der Waals surface area contributed by atoms with Gasteiger partial charge in [0.15, 0.2) is 5.96 Å². The zero-order valence-corrected chi connectivity index (χ0v) is 6.03. The van der Waals surface area contributed by atoms with Crippen molar-refractivity contribution >= 4 is 11.9 Å². The average molecular weight is 157 g/mol. The molecule has 1 fully saturated rings. The highest BCUT2D eigenvalue weighted by Crippen LogP contribution is 2.30. The van der Waals surface area contributed by atoms with Crippen LogP contribution in [0.4, 0.5) is 0 Å². The van der Waals surface area contributed by atoms with Crippen LogP contribution in [-0.4, -0.2) is 23.1 Å². The minimum atomic E-state index is -0.814. The number of carboxylic acids is 1. The van der Waals surface area contributed by atoms with Gasteiger partial charge in [-0.2, -0.15) is 0 Å². The van der Waals surface area contributed by atoms with Crippen LogP contribution in [0.1, 0.15) is 12.8 Å². The van der Waals surface area contributed by atoms with Crippen molar-refractivity contribution in [3.8, 4) is 0 Å². The summed E-state index contributed by atoms with van der Waals surface area (Å²) in [5, 5.41) is 8.57. The summed E-state index contributed by atoms with van der Waals surface area (Å²) in [6, 6.07) is -0.197. The Morgan fingerprint density at radius 1 is 1.45 bits per heavy atom. The lowest BCUT2D eigenvalue weighted by Gasteiger charge is -2.29. The van der Waals surface area contributed by atoms with Gasteiger partial charge in [-0.25, -0.2) is 4.99 Å². The number of nitrogens with two attached hydrogens (primary N) is 2. The lowest BCUT2D eigenvalue weighted by Crippen LogP contribution is -2.39. The second-order valence-corrected chi connectivity index (χ2v) is 2.64. The van der Waals surface area contributed by atoms with Crippen LogP contribution >= 0.6 is 0 Å². The van der Waals surface area contributed by atoms with Gasteiger partial charge in [0.2, 0.25) is 0 Å². The van der Waals surface area contributed by atoms with Gasteiger partial charge in [-0.05, 0) is 12.8 Å². The Morgan fingerprint density at radius 3 is 2.36 bits per heavy atom. The fourth-order valence-electron chi connectivity index (χ4n) is 1.12. The van der Waals surface area contributed by atoms with Crippen molar-refractivity contribution in [2.45, 2.75) is 18.9 Å². The molecule has 0 saturated heterocycles. The molecule has 11 heavy (non-hydrogen) atoms. The van der Waals surface area contributed by atoms with Gasteiger partial charge in [0.05, 0.1) is 12.0 Å². The molecular weight excluding hydrogens is 146 g/mol. The SMILES string of the molecule is NC(N)=N[C@@H]1CC[C@@H]1C(=O)O. The van der Waals surface area contributed by atoms with Crippen molar-refractivity contribution in [2.24, 2.45) is 22.4 Å². The standard InChI is InChI=1S/C6H11N3O2/c7-6(8)9-4-2-1-3(4)5(10)11/h3-4H,1-2H2,(H,10,11)(H4,7,8,9)/t3-,4+/m0/s1. The number of nitrogens with zero attached hydrogens (tertiary/aromatic N) is 1. The number of carbonyl (C=O) groups is 1. The molecular formula is C6H11N3O2. The van der Waals surface area contributed by atoms with Crippen LogP contribution in [-0.2, 0) is 4.79 Å². The molecule has 0 radical (unpaired) electrons. The van der Waals surface area contributed by atoms with Crippen molar-refractivity contribution in [1.29, 1.82) is 0 Å². The van der Waals surface area contributed by atoms with Crippen LogP contribution in [0.15, 0.2) is 4.99 Å². The third kappa shape index (κ3) is 1.60. The molecule has 0 bridgehead atoms. The Hall–Kier alpha value is -1.26. The summed E-state index contributed by atoms with van der Waals surface area (Å²) >= 11 is 0. The maximum Gasteiger partial charge on any atom is 0.308 e. The highest BCUT2D eigenvalue weighted by molar-refractivity contribution is 5.77. The Bertz CT molecular complexity index is 198. The van der Waals surface area contributed by atoms with E-state index >= 15 is 0 Å². The van der Waals surface area contributed by atoms with E-state index in [0.717, 1.165) is 6.42 Å². The molecule has 2 atom stereocenters. The van der Waals surface area contributed by atoms with Gasteiger partial charge in [0, 0.05) is 0 Å². The predicted octanol–water partition coefficient (Wildman–Crippen LogP) is -0.877. The summed E-state index contributed by atoms with van der Waals surface area (Å²) in [4.78, 5) is 14.2. The zero-order valence-electron chi connectivity index (χ0n) is 6.03. The van der Waals surface area contributed by atoms with E-state index in [0.29, 0.717) is 6.42 Å². The first-order valence-electron chi connectivity index (χ1n) is 3.43. The molecule has 0 aromatic carbocycles. The smallest absolute Gasteiger partial charge is 0.308 e. The van der Waals surface area contributed by atoms with Gasteiger partial charge < -0.3 is 16.6 Å². The Labute approximate surface area is 64.1 Å². The van der Waals surface area contributed by atoms with Crippen molar-refractivity contribution in [2.75, 3.05) is 0 Å². The molecule has 5 N–H and O–H groups in total. The van der Waals surface area contributed by atoms with Crippen LogP contribution in [0.2, 0.25) is 0 Å². The summed E-state index contributed by atoms with van der Waals surface area (Å²) < 4.78 is 0. The first kappa shape index (κ1) is 7.84. The number of hydrogen-bond acceptors (Lipinski definition) is 2. The van der Waals surface area contributed by atoms with E-state index in [1.807, 2.05) is 0 Å². The van der Waals surface area contributed by atoms with Crippen LogP contribution < -0.4 is 11.5 Å². The van der Waals surface area contributed by atoms with Crippen molar-refractivity contribution in [3.05, 3.63) is 0 Å². The number of aliphatic imine (C=N–C) groups is 1. The fourth-order valence-corrected chi connectivity index (χ4v) is 1.12. The average Bonchev–Trinajstić information content (AvgIpc) is 1.78. The molecule has 5 nitrogen and oxygen atoms in total. The molecule has 0 aromatic rings. The maximum absolute atomic E-state index is 10.4. The number of aliphatic carboxylic acids is 1. The predicted molar refractivity (Wildman–Crippen MR) is 40.0 cm³/mol. The lowest BCUT2D eigenvalue weighted by molar-refractivity contribution is -0.145. The first-order valence-corrected chi connectivity index (χ1v) is 3.43. The van der Waals surface area contributed by atoms with E-state index in [9.17, 15) is 4.79 Å². The van der Waals surface area contributed by atoms with Gasteiger partial charge in [-0.15, -0.1) is 0 Å². The van der Waals surface area contributed by atoms with Crippen LogP contribution in [0.25, 0.3) is 0 Å². The van der Waals surface area contributed by atoms with E-state index < -0.39 is 5.97 Å². The molecule has 1 aliphatic rings. The summed E-state index contributed by atoms with van der Waals surface area (Å²) in [7, 11) is 0. The Morgan fingerprint density at radius 2 is 2.09 bits per heavy atom. The summed E-state index contributed by atoms with van der Waals surface area (Å²) in [5.74, 6) is -1.22. The Balaban J connectivity index is 2.50. The minimum Gasteiger partial charge on any atom is -0.481 e. The van der Waals surface area contributed by atoms with Gasteiger partial charge in [-0.1, -0.05) is 0 Å². The highest BCUT2D eigenvalue weighted by Gasteiger charge is 2.36. The van der Waals surface area contributed by atoms with Crippen LogP contribution in [0.3, 0.4) is 0 Å². The number of carboxylic acid groups (broad SMARTS) is 1. The second-order valence-electron chi connectivity index (χ2n) is 2.64. The minimum absolute atomic E-state index is 0.0269. The molecule has 1 rings (SSSR count). The molecule has 0 heterocycles. The fraction of sp³-hybridized carbons (Fsp3) is 0.667. The van der Waals surface area contributed by atoms with Crippen LogP contribution in [0, 0.1) is 5.92 Å². The van der Waals surface area contributed by atoms with Gasteiger partial charge >= 0.3 is 5.97 Å². The van der Waals surface area contributed by atoms with Gasteiger partial charge in [0.1, 0.15) is 0 Å². The molecule has 0 aliphatic heterocycles. The number of guanidine groups is 1. The molecule has 5 heteroatoms. The third-order valence-electron chi connectivity index (χ3n) is 1.87. The molecule has 62 valence electrons. The maximum atomic E-state index is 10.4. The lowest BCUT2D eigenvalue weighted by atomic mass is 9.80. The first-order chi connectivity index (χ1) is 5.11. The van der Waals surface area contributed by atoms with Crippen molar-refractivity contribution < 1.29 is 9.90 Å². The summed E-state index contributed by atoms with van der Waals surface area (Å²) in [5.41, 5.74) is 10.2. The summed E-state index contributed by atoms with van der Waals surface area (Å²) in [6.45, 7) is 0. The second kappa shape index (κ2) is 2.77. The number of rotatable bonds is 2. The summed E-state index contributed by atoms with van der Waals surface area (Å²) in [6.07, 6.45) is 1.45. The van der Waals surface area contributed by atoms with E-state index in [-0.39, 0.29) is 17.9 Å². The van der Waals surface area contributed by atoms with Crippen molar-refractivity contribution in [1.82, 2.24) is 0 Å². The number of hydrogen-bond donors (Lipinski definition) is 3. The van der Waals surface area contributed by atoms with E-state index in [4.69, 9.17) is 16.6 Å². The third-order valence-corrected chi connectivity index (χ3v) is 1.87. The molecule has 1 aliphatic carbocycles. The monoisotopic (exact) mass is 157 g/mol. The molecule has 0 unspecified atom stereocenters. The van der Waals surface area contributed by atoms with E-state index in [1.165, 1.54) is 0 Å². The largest absolute Gasteiger partial charge is 0.481 e. The molecule has 0 amide bonds. The normalized spacial score (nSPS) is 28.7. The molecule has 0 aromatic heterocycles. The highest BCUT2D eigenvalue weighted by atomic mass is 16.4. The van der Waals surface area contributed by atoms with E-state index in [1.54, 1.807) is 0 Å². The quantitative estimate of drug-likeness (QED) is 0.358. The van der Waals surface area contributed by atoms with E-state index in [2.05, 4.69) is 4.99 Å². The molecule has 1 saturated carbocycles. The zero-order chi connectivity index (χ0) is 8.43. The topological polar surface area (TPSA) is 102 Å². The van der Waals surface area contributed by atoms with Gasteiger partial charge in [0.25, 0.3) is 0 Å². The van der Waals surface area contributed by atoms with Gasteiger partial charge in [-0.3, -0.25) is 4.79 Å². The molecule has 0 spiro atoms. The van der Waals surface area contributed by atoms with Crippen LogP contribution in [0.5, 0.6) is 0 Å². The van der Waals surface area contributed by atoms with Crippen molar-refractivity contribution in [3.63, 3.8) is 0 Å². The Kier molecular flexibility index (Phi) is 1.98.